The molecule has 1 aromatic heterocycles. The van der Waals surface area contributed by atoms with E-state index in [0.717, 1.165) is 0 Å². The number of primary amides is 1. The Morgan fingerprint density at radius 1 is 1.61 bits per heavy atom. The van der Waals surface area contributed by atoms with Crippen LogP contribution in [0.3, 0.4) is 0 Å². The van der Waals surface area contributed by atoms with Crippen LogP contribution in [0.4, 0.5) is 13.2 Å². The standard InChI is InChI=1S/C8H12F3N5O2/c9-8(10,11)4-13-6(7(12)18)5-3-16(1-2-17)15-14-5/h3,6,13,17H,1-2,4H2,(H2,12,18). The second kappa shape index (κ2) is 5.78. The molecule has 0 saturated carbocycles. The summed E-state index contributed by atoms with van der Waals surface area (Å²) in [6.07, 6.45) is -3.22. The molecule has 18 heavy (non-hydrogen) atoms. The number of halogens is 3. The van der Waals surface area contributed by atoms with E-state index in [4.69, 9.17) is 10.8 Å². The van der Waals surface area contributed by atoms with Crippen LogP contribution in [0.25, 0.3) is 0 Å². The van der Waals surface area contributed by atoms with E-state index in [1.165, 1.54) is 10.9 Å². The first kappa shape index (κ1) is 14.4. The van der Waals surface area contributed by atoms with E-state index in [-0.39, 0.29) is 18.8 Å². The van der Waals surface area contributed by atoms with Crippen molar-refractivity contribution in [3.63, 3.8) is 0 Å². The summed E-state index contributed by atoms with van der Waals surface area (Å²) in [5, 5.41) is 17.7. The number of aromatic nitrogens is 3. The molecule has 102 valence electrons. The number of nitrogens with zero attached hydrogens (tertiary/aromatic N) is 3. The molecule has 0 aromatic carbocycles. The molecule has 0 aliphatic rings. The fraction of sp³-hybridized carbons (Fsp3) is 0.625. The molecule has 10 heteroatoms. The summed E-state index contributed by atoms with van der Waals surface area (Å²) in [6.45, 7) is -1.45. The van der Waals surface area contributed by atoms with Crippen LogP contribution in [-0.2, 0) is 11.3 Å². The average molecular weight is 267 g/mol. The zero-order valence-electron chi connectivity index (χ0n) is 9.18. The Balaban J connectivity index is 2.74. The summed E-state index contributed by atoms with van der Waals surface area (Å²) in [5.74, 6) is -0.990. The topological polar surface area (TPSA) is 106 Å². The van der Waals surface area contributed by atoms with Gasteiger partial charge in [-0.1, -0.05) is 5.21 Å². The van der Waals surface area contributed by atoms with Crippen molar-refractivity contribution >= 4 is 5.91 Å². The maximum atomic E-state index is 12.0. The number of hydrogen-bond donors (Lipinski definition) is 3. The number of aliphatic hydroxyl groups is 1. The monoisotopic (exact) mass is 267 g/mol. The molecule has 1 amide bonds. The molecule has 1 rings (SSSR count). The lowest BCUT2D eigenvalue weighted by Gasteiger charge is -2.14. The second-order valence-electron chi connectivity index (χ2n) is 3.46. The van der Waals surface area contributed by atoms with Crippen LogP contribution in [-0.4, -0.2) is 45.3 Å². The lowest BCUT2D eigenvalue weighted by Crippen LogP contribution is -2.39. The zero-order chi connectivity index (χ0) is 13.8. The van der Waals surface area contributed by atoms with E-state index in [1.807, 2.05) is 5.32 Å². The van der Waals surface area contributed by atoms with Crippen LogP contribution >= 0.6 is 0 Å². The molecule has 1 unspecified atom stereocenters. The Bertz CT molecular complexity index is 406. The molecule has 1 aromatic rings. The number of aliphatic hydroxyl groups excluding tert-OH is 1. The maximum Gasteiger partial charge on any atom is 0.401 e. The van der Waals surface area contributed by atoms with Gasteiger partial charge < -0.3 is 10.8 Å². The summed E-state index contributed by atoms with van der Waals surface area (Å²) in [7, 11) is 0. The summed E-state index contributed by atoms with van der Waals surface area (Å²) >= 11 is 0. The van der Waals surface area contributed by atoms with E-state index in [2.05, 4.69) is 10.3 Å². The van der Waals surface area contributed by atoms with Gasteiger partial charge in [-0.2, -0.15) is 13.2 Å². The van der Waals surface area contributed by atoms with E-state index in [1.54, 1.807) is 0 Å². The van der Waals surface area contributed by atoms with Crippen molar-refractivity contribution in [3.05, 3.63) is 11.9 Å². The highest BCUT2D eigenvalue weighted by molar-refractivity contribution is 5.80. The van der Waals surface area contributed by atoms with E-state index in [9.17, 15) is 18.0 Å². The third kappa shape index (κ3) is 4.30. The zero-order valence-corrected chi connectivity index (χ0v) is 9.18. The molecule has 0 saturated heterocycles. The highest BCUT2D eigenvalue weighted by Gasteiger charge is 2.31. The molecule has 1 heterocycles. The third-order valence-corrected chi connectivity index (χ3v) is 1.97. The Morgan fingerprint density at radius 2 is 2.28 bits per heavy atom. The number of hydrogen-bond acceptors (Lipinski definition) is 5. The van der Waals surface area contributed by atoms with Crippen molar-refractivity contribution in [1.82, 2.24) is 20.3 Å². The predicted molar refractivity (Wildman–Crippen MR) is 53.1 cm³/mol. The maximum absolute atomic E-state index is 12.0. The van der Waals surface area contributed by atoms with Crippen molar-refractivity contribution < 1.29 is 23.1 Å². The van der Waals surface area contributed by atoms with Gasteiger partial charge in [0.2, 0.25) is 5.91 Å². The number of alkyl halides is 3. The van der Waals surface area contributed by atoms with Gasteiger partial charge in [-0.3, -0.25) is 10.1 Å². The summed E-state index contributed by atoms with van der Waals surface area (Å²) in [5.41, 5.74) is 4.96. The molecule has 0 fully saturated rings. The Labute approximate surface area is 99.8 Å². The van der Waals surface area contributed by atoms with Crippen LogP contribution in [0.5, 0.6) is 0 Å². The van der Waals surface area contributed by atoms with Gasteiger partial charge in [-0.05, 0) is 0 Å². The molecular weight excluding hydrogens is 255 g/mol. The van der Waals surface area contributed by atoms with E-state index >= 15 is 0 Å². The first-order valence-corrected chi connectivity index (χ1v) is 4.94. The Morgan fingerprint density at radius 3 is 2.78 bits per heavy atom. The predicted octanol–water partition coefficient (Wildman–Crippen LogP) is -1.05. The van der Waals surface area contributed by atoms with Gasteiger partial charge in [-0.15, -0.1) is 5.10 Å². The van der Waals surface area contributed by atoms with Crippen molar-refractivity contribution in [2.24, 2.45) is 5.73 Å². The van der Waals surface area contributed by atoms with Crippen molar-refractivity contribution in [2.45, 2.75) is 18.8 Å². The fourth-order valence-electron chi connectivity index (χ4n) is 1.23. The minimum atomic E-state index is -4.46. The molecule has 0 radical (unpaired) electrons. The van der Waals surface area contributed by atoms with Crippen LogP contribution < -0.4 is 11.1 Å². The van der Waals surface area contributed by atoms with Crippen molar-refractivity contribution in [1.29, 1.82) is 0 Å². The van der Waals surface area contributed by atoms with Crippen LogP contribution in [0.1, 0.15) is 11.7 Å². The van der Waals surface area contributed by atoms with Gasteiger partial charge in [0.25, 0.3) is 0 Å². The summed E-state index contributed by atoms with van der Waals surface area (Å²) in [6, 6.07) is -1.38. The molecule has 0 bridgehead atoms. The summed E-state index contributed by atoms with van der Waals surface area (Å²) in [4.78, 5) is 11.0. The van der Waals surface area contributed by atoms with Gasteiger partial charge in [0.15, 0.2) is 0 Å². The number of amides is 1. The number of nitrogens with two attached hydrogens (primary N) is 1. The van der Waals surface area contributed by atoms with Gasteiger partial charge in [0.1, 0.15) is 11.7 Å². The normalized spacial score (nSPS) is 13.6. The number of rotatable bonds is 6. The van der Waals surface area contributed by atoms with Gasteiger partial charge in [0, 0.05) is 0 Å². The number of carbonyl (C=O) groups is 1. The van der Waals surface area contributed by atoms with Crippen molar-refractivity contribution in [2.75, 3.05) is 13.2 Å². The Hall–Kier alpha value is -1.68. The molecule has 0 aliphatic carbocycles. The SMILES string of the molecule is NC(=O)C(NCC(F)(F)F)c1cn(CCO)nn1. The number of nitrogens with one attached hydrogen (secondary N) is 1. The minimum Gasteiger partial charge on any atom is -0.394 e. The molecular formula is C8H12F3N5O2. The third-order valence-electron chi connectivity index (χ3n) is 1.97. The molecule has 7 nitrogen and oxygen atoms in total. The number of carbonyl (C=O) groups excluding carboxylic acids is 1. The quantitative estimate of drug-likeness (QED) is 0.609. The molecule has 4 N–H and O–H groups in total. The van der Waals surface area contributed by atoms with Crippen LogP contribution in [0.15, 0.2) is 6.20 Å². The second-order valence-corrected chi connectivity index (χ2v) is 3.46. The Kier molecular flexibility index (Phi) is 4.62. The van der Waals surface area contributed by atoms with E-state index in [0.29, 0.717) is 0 Å². The van der Waals surface area contributed by atoms with Crippen molar-refractivity contribution in [3.8, 4) is 0 Å². The van der Waals surface area contributed by atoms with Crippen LogP contribution in [0, 0.1) is 0 Å². The first-order chi connectivity index (χ1) is 8.33. The van der Waals surface area contributed by atoms with Crippen LogP contribution in [0.2, 0.25) is 0 Å². The average Bonchev–Trinajstić information content (AvgIpc) is 2.65. The lowest BCUT2D eigenvalue weighted by molar-refractivity contribution is -0.131. The first-order valence-electron chi connectivity index (χ1n) is 4.94. The molecule has 1 atom stereocenters. The molecule has 0 aliphatic heterocycles. The van der Waals surface area contributed by atoms with Gasteiger partial charge in [0.05, 0.1) is 25.9 Å². The van der Waals surface area contributed by atoms with Gasteiger partial charge in [-0.25, -0.2) is 4.68 Å². The fourth-order valence-corrected chi connectivity index (χ4v) is 1.23. The smallest absolute Gasteiger partial charge is 0.394 e. The highest BCUT2D eigenvalue weighted by atomic mass is 19.4. The largest absolute Gasteiger partial charge is 0.401 e. The van der Waals surface area contributed by atoms with E-state index < -0.39 is 24.7 Å². The highest BCUT2D eigenvalue weighted by Crippen LogP contribution is 2.16. The van der Waals surface area contributed by atoms with Gasteiger partial charge >= 0.3 is 6.18 Å². The molecule has 0 spiro atoms. The minimum absolute atomic E-state index is 0.0276. The summed E-state index contributed by atoms with van der Waals surface area (Å²) < 4.78 is 37.3. The lowest BCUT2D eigenvalue weighted by atomic mass is 10.2.